The molecule has 7 aromatic carbocycles. The van der Waals surface area contributed by atoms with Crippen molar-refractivity contribution >= 4 is 43.6 Å². The minimum Gasteiger partial charge on any atom is -0.307 e. The number of nitrogens with zero attached hydrogens (tertiary/aromatic N) is 4. The first-order chi connectivity index (χ1) is 26.6. The van der Waals surface area contributed by atoms with E-state index in [-0.39, 0.29) is 0 Å². The molecule has 0 aliphatic rings. The van der Waals surface area contributed by atoms with E-state index in [1.807, 2.05) is 18.3 Å². The molecule has 10 rings (SSSR count). The normalized spacial score (nSPS) is 11.5. The smallest absolute Gasteiger partial charge is 0.0999 e. The van der Waals surface area contributed by atoms with Gasteiger partial charge in [-0.25, -0.2) is 0 Å². The first-order valence-corrected chi connectivity index (χ1v) is 18.3. The molecule has 54 heavy (non-hydrogen) atoms. The van der Waals surface area contributed by atoms with Crippen LogP contribution in [0.25, 0.3) is 88.4 Å². The largest absolute Gasteiger partial charge is 0.307 e. The molecule has 3 aromatic heterocycles. The van der Waals surface area contributed by atoms with Crippen molar-refractivity contribution in [1.82, 2.24) is 14.1 Å². The molecule has 0 radical (unpaired) electrons. The molecule has 254 valence electrons. The molecular weight excluding hydrogens is 657 g/mol. The van der Waals surface area contributed by atoms with Crippen molar-refractivity contribution in [2.75, 3.05) is 0 Å². The van der Waals surface area contributed by atoms with E-state index in [1.54, 1.807) is 6.20 Å². The summed E-state index contributed by atoms with van der Waals surface area (Å²) in [5, 5.41) is 15.5. The van der Waals surface area contributed by atoms with E-state index in [4.69, 9.17) is 0 Å². The Kier molecular flexibility index (Phi) is 7.28. The maximum Gasteiger partial charge on any atom is 0.0999 e. The van der Waals surface area contributed by atoms with E-state index in [2.05, 4.69) is 180 Å². The van der Waals surface area contributed by atoms with Crippen molar-refractivity contribution in [3.05, 3.63) is 187 Å². The summed E-state index contributed by atoms with van der Waals surface area (Å²) in [7, 11) is 0. The summed E-state index contributed by atoms with van der Waals surface area (Å²) in [4.78, 5) is 4.46. The topological polar surface area (TPSA) is 46.5 Å². The lowest BCUT2D eigenvalue weighted by molar-refractivity contribution is 1.09. The van der Waals surface area contributed by atoms with Gasteiger partial charge in [-0.1, -0.05) is 126 Å². The highest BCUT2D eigenvalue weighted by atomic mass is 15.1. The van der Waals surface area contributed by atoms with Crippen LogP contribution < -0.4 is 0 Å². The van der Waals surface area contributed by atoms with Gasteiger partial charge in [0, 0.05) is 45.1 Å². The summed E-state index contributed by atoms with van der Waals surface area (Å²) in [6.07, 6.45) is 3.62. The lowest BCUT2D eigenvalue weighted by atomic mass is 9.99. The Hall–Kier alpha value is -7.22. The highest BCUT2D eigenvalue weighted by Gasteiger charge is 2.23. The van der Waals surface area contributed by atoms with Gasteiger partial charge in [0.15, 0.2) is 0 Å². The number of pyridine rings is 1. The molecule has 0 bridgehead atoms. The SMILES string of the molecule is Cc1cccc(-c2ccc3c4ccccc4n(-c4cc(C#N)c(-c5cccnc5)cc4-n4c5ccccc5c5ccc(-c6cccc(C)c6)cc54)c3c2)c1. The summed E-state index contributed by atoms with van der Waals surface area (Å²) in [5.74, 6) is 0. The Morgan fingerprint density at radius 2 is 0.944 bits per heavy atom. The number of fused-ring (bicyclic) bond motifs is 6. The van der Waals surface area contributed by atoms with Crippen LogP contribution in [0.5, 0.6) is 0 Å². The second kappa shape index (κ2) is 12.5. The zero-order valence-corrected chi connectivity index (χ0v) is 30.0. The average Bonchev–Trinajstić information content (AvgIpc) is 3.72. The van der Waals surface area contributed by atoms with E-state index in [9.17, 15) is 5.26 Å². The van der Waals surface area contributed by atoms with Crippen molar-refractivity contribution in [3.63, 3.8) is 0 Å². The maximum absolute atomic E-state index is 10.8. The molecule has 0 spiro atoms. The number of hydrogen-bond donors (Lipinski definition) is 0. The van der Waals surface area contributed by atoms with Crippen LogP contribution in [0, 0.1) is 25.2 Å². The van der Waals surface area contributed by atoms with Crippen LogP contribution in [-0.2, 0) is 0 Å². The zero-order chi connectivity index (χ0) is 36.3. The summed E-state index contributed by atoms with van der Waals surface area (Å²) < 4.78 is 4.75. The van der Waals surface area contributed by atoms with Gasteiger partial charge in [0.25, 0.3) is 0 Å². The summed E-state index contributed by atoms with van der Waals surface area (Å²) in [5.41, 5.74) is 15.7. The van der Waals surface area contributed by atoms with Crippen LogP contribution in [0.1, 0.15) is 16.7 Å². The number of rotatable bonds is 5. The Labute approximate surface area is 313 Å². The van der Waals surface area contributed by atoms with Crippen molar-refractivity contribution in [2.45, 2.75) is 13.8 Å². The quantitative estimate of drug-likeness (QED) is 0.180. The van der Waals surface area contributed by atoms with E-state index in [0.29, 0.717) is 5.56 Å². The number of benzene rings is 7. The van der Waals surface area contributed by atoms with Gasteiger partial charge in [-0.3, -0.25) is 4.98 Å². The molecule has 0 aliphatic heterocycles. The van der Waals surface area contributed by atoms with E-state index in [0.717, 1.165) is 66.5 Å². The molecule has 0 N–H and O–H groups in total. The summed E-state index contributed by atoms with van der Waals surface area (Å²) in [6, 6.07) is 58.9. The highest BCUT2D eigenvalue weighted by Crippen LogP contribution is 2.42. The average molecular weight is 691 g/mol. The van der Waals surface area contributed by atoms with Crippen LogP contribution in [0.2, 0.25) is 0 Å². The maximum atomic E-state index is 10.8. The molecule has 0 aliphatic carbocycles. The second-order valence-electron chi connectivity index (χ2n) is 14.1. The van der Waals surface area contributed by atoms with Crippen LogP contribution in [-0.4, -0.2) is 14.1 Å². The lowest BCUT2D eigenvalue weighted by Gasteiger charge is -2.20. The third-order valence-electron chi connectivity index (χ3n) is 10.7. The predicted octanol–water partition coefficient (Wildman–Crippen LogP) is 12.8. The highest BCUT2D eigenvalue weighted by molar-refractivity contribution is 6.13. The third-order valence-corrected chi connectivity index (χ3v) is 10.7. The first kappa shape index (κ1) is 31.5. The Morgan fingerprint density at radius 3 is 1.46 bits per heavy atom. The van der Waals surface area contributed by atoms with Gasteiger partial charge in [-0.15, -0.1) is 0 Å². The molecule has 0 fully saturated rings. The lowest BCUT2D eigenvalue weighted by Crippen LogP contribution is -2.05. The third kappa shape index (κ3) is 5.02. The number of aromatic nitrogens is 3. The van der Waals surface area contributed by atoms with Crippen LogP contribution in [0.4, 0.5) is 0 Å². The molecule has 0 amide bonds. The van der Waals surface area contributed by atoms with Gasteiger partial charge in [-0.2, -0.15) is 5.26 Å². The Bertz CT molecular complexity index is 3140. The monoisotopic (exact) mass is 690 g/mol. The molecule has 0 unspecified atom stereocenters. The summed E-state index contributed by atoms with van der Waals surface area (Å²) >= 11 is 0. The van der Waals surface area contributed by atoms with Gasteiger partial charge in [0.05, 0.1) is 45.1 Å². The fraction of sp³-hybridized carbons (Fsp3) is 0.0400. The van der Waals surface area contributed by atoms with Gasteiger partial charge in [-0.05, 0) is 78.6 Å². The fourth-order valence-corrected chi connectivity index (χ4v) is 8.26. The molecule has 0 saturated carbocycles. The van der Waals surface area contributed by atoms with Crippen molar-refractivity contribution < 1.29 is 0 Å². The zero-order valence-electron chi connectivity index (χ0n) is 30.0. The van der Waals surface area contributed by atoms with Crippen LogP contribution >= 0.6 is 0 Å². The van der Waals surface area contributed by atoms with E-state index in [1.165, 1.54) is 33.0 Å². The molecular formula is C50H34N4. The molecule has 3 heterocycles. The minimum absolute atomic E-state index is 0.587. The van der Waals surface area contributed by atoms with Gasteiger partial charge in [0.1, 0.15) is 0 Å². The van der Waals surface area contributed by atoms with Crippen LogP contribution in [0.15, 0.2) is 170 Å². The van der Waals surface area contributed by atoms with Crippen molar-refractivity contribution in [3.8, 4) is 50.8 Å². The van der Waals surface area contributed by atoms with E-state index < -0.39 is 0 Å². The van der Waals surface area contributed by atoms with Crippen molar-refractivity contribution in [2.24, 2.45) is 0 Å². The number of nitriles is 1. The molecule has 10 aromatic rings. The number of hydrogen-bond acceptors (Lipinski definition) is 2. The molecule has 0 atom stereocenters. The van der Waals surface area contributed by atoms with Gasteiger partial charge in [0.2, 0.25) is 0 Å². The Balaban J connectivity index is 1.36. The molecule has 0 saturated heterocycles. The fourth-order valence-electron chi connectivity index (χ4n) is 8.26. The molecule has 4 heteroatoms. The van der Waals surface area contributed by atoms with Crippen molar-refractivity contribution in [1.29, 1.82) is 5.26 Å². The number of para-hydroxylation sites is 2. The Morgan fingerprint density at radius 1 is 0.444 bits per heavy atom. The van der Waals surface area contributed by atoms with Gasteiger partial charge >= 0.3 is 0 Å². The minimum atomic E-state index is 0.587. The van der Waals surface area contributed by atoms with Gasteiger partial charge < -0.3 is 9.13 Å². The van der Waals surface area contributed by atoms with Crippen LogP contribution in [0.3, 0.4) is 0 Å². The standard InChI is InChI=1S/C50H34N4/c1-32-10-7-12-34(24-32)36-19-21-42-40-15-3-5-17-45(40)53(47(42)26-36)49-28-39(30-51)44(38-14-9-23-52-31-38)29-50(49)54-46-18-6-4-16-41(46)43-22-20-37(27-48(43)54)35-13-8-11-33(2)25-35/h3-29,31H,1-2H3. The van der Waals surface area contributed by atoms with E-state index >= 15 is 0 Å². The summed E-state index contributed by atoms with van der Waals surface area (Å²) in [6.45, 7) is 4.27. The number of aryl methyl sites for hydroxylation is 2. The predicted molar refractivity (Wildman–Crippen MR) is 223 cm³/mol. The second-order valence-corrected chi connectivity index (χ2v) is 14.1. The first-order valence-electron chi connectivity index (χ1n) is 18.3. The molecule has 4 nitrogen and oxygen atoms in total.